The number of hydrogen-bond donors (Lipinski definition) is 1. The fourth-order valence-electron chi connectivity index (χ4n) is 4.51. The van der Waals surface area contributed by atoms with E-state index in [2.05, 4.69) is 37.2 Å². The number of rotatable bonds is 9. The molecule has 1 aliphatic rings. The smallest absolute Gasteiger partial charge is 0.266 e. The fraction of sp³-hybridized carbons (Fsp3) is 0.333. The molecule has 0 heterocycles. The molecule has 0 aromatic heterocycles. The van der Waals surface area contributed by atoms with E-state index in [1.165, 1.54) is 21.9 Å². The zero-order chi connectivity index (χ0) is 24.1. The van der Waals surface area contributed by atoms with Gasteiger partial charge in [0.05, 0.1) is 18.5 Å². The molecule has 1 N–H and O–H groups in total. The van der Waals surface area contributed by atoms with Gasteiger partial charge in [0.2, 0.25) is 0 Å². The number of aryl methyl sites for hydroxylation is 1. The number of benzene rings is 3. The van der Waals surface area contributed by atoms with Gasteiger partial charge in [0.25, 0.3) is 11.3 Å². The quantitative estimate of drug-likeness (QED) is 0.426. The van der Waals surface area contributed by atoms with Crippen molar-refractivity contribution in [1.82, 2.24) is 4.90 Å². The van der Waals surface area contributed by atoms with E-state index in [4.69, 9.17) is 9.47 Å². The minimum Gasteiger partial charge on any atom is -0.497 e. The Hall–Kier alpha value is -2.87. The van der Waals surface area contributed by atoms with E-state index in [9.17, 15) is 8.76 Å². The zero-order valence-electron chi connectivity index (χ0n) is 19.9. The summed E-state index contributed by atoms with van der Waals surface area (Å²) in [5.74, 6) is 2.29. The molecule has 6 nitrogen and oxygen atoms in total. The van der Waals surface area contributed by atoms with Crippen molar-refractivity contribution in [3.63, 3.8) is 0 Å². The van der Waals surface area contributed by atoms with Gasteiger partial charge in [-0.3, -0.25) is 4.55 Å². The largest absolute Gasteiger partial charge is 0.497 e. The van der Waals surface area contributed by atoms with E-state index in [1.54, 1.807) is 31.4 Å². The lowest BCUT2D eigenvalue weighted by Gasteiger charge is -2.27. The maximum atomic E-state index is 12.0. The van der Waals surface area contributed by atoms with Crippen LogP contribution in [0.4, 0.5) is 11.4 Å². The highest BCUT2D eigenvalue weighted by Crippen LogP contribution is 2.31. The first kappa shape index (κ1) is 24.3. The van der Waals surface area contributed by atoms with Gasteiger partial charge in [-0.25, -0.2) is 8.51 Å². The molecule has 4 rings (SSSR count). The molecule has 7 heteroatoms. The van der Waals surface area contributed by atoms with Gasteiger partial charge in [-0.05, 0) is 104 Å². The average molecular weight is 481 g/mol. The normalized spacial score (nSPS) is 16.1. The first-order chi connectivity index (χ1) is 16.4. The topological polar surface area (TPSA) is 62.2 Å². The van der Waals surface area contributed by atoms with Crippen LogP contribution in [0.25, 0.3) is 0 Å². The fourth-order valence-corrected chi connectivity index (χ4v) is 5.11. The number of fused-ring (bicyclic) bond motifs is 1. The third-order valence-corrected chi connectivity index (χ3v) is 6.91. The SMILES string of the molecule is COc1ccc(N(c2ccc(COc3ccc4c(c3)CCC(CN(C)C)C4)cc2)S(=O)O)cc1. The summed E-state index contributed by atoms with van der Waals surface area (Å²) in [4.78, 5) is 2.27. The Morgan fingerprint density at radius 2 is 1.59 bits per heavy atom. The van der Waals surface area contributed by atoms with Crippen LogP contribution in [0.2, 0.25) is 0 Å². The number of anilines is 2. The third kappa shape index (κ3) is 5.97. The summed E-state index contributed by atoms with van der Waals surface area (Å²) < 4.78 is 34.5. The van der Waals surface area contributed by atoms with Gasteiger partial charge in [-0.1, -0.05) is 18.2 Å². The van der Waals surface area contributed by atoms with Crippen LogP contribution in [0.15, 0.2) is 66.7 Å². The maximum Gasteiger partial charge on any atom is 0.266 e. The van der Waals surface area contributed by atoms with Crippen LogP contribution in [0.3, 0.4) is 0 Å². The third-order valence-electron chi connectivity index (χ3n) is 6.17. The highest BCUT2D eigenvalue weighted by molar-refractivity contribution is 7.81. The van der Waals surface area contributed by atoms with Crippen LogP contribution in [0.1, 0.15) is 23.1 Å². The van der Waals surface area contributed by atoms with E-state index < -0.39 is 11.3 Å². The van der Waals surface area contributed by atoms with Crippen molar-refractivity contribution < 1.29 is 18.2 Å². The molecular weight excluding hydrogens is 448 g/mol. The van der Waals surface area contributed by atoms with Crippen LogP contribution in [0, 0.1) is 5.92 Å². The molecular formula is C27H32N2O4S. The van der Waals surface area contributed by atoms with E-state index in [-0.39, 0.29) is 0 Å². The van der Waals surface area contributed by atoms with Crippen LogP contribution < -0.4 is 13.8 Å². The van der Waals surface area contributed by atoms with Crippen molar-refractivity contribution in [3.05, 3.63) is 83.4 Å². The van der Waals surface area contributed by atoms with Crippen molar-refractivity contribution in [2.45, 2.75) is 25.9 Å². The molecule has 2 unspecified atom stereocenters. The van der Waals surface area contributed by atoms with Gasteiger partial charge in [-0.2, -0.15) is 0 Å². The molecule has 0 fully saturated rings. The molecule has 0 aliphatic heterocycles. The second-order valence-electron chi connectivity index (χ2n) is 8.98. The van der Waals surface area contributed by atoms with Gasteiger partial charge in [0, 0.05) is 6.54 Å². The molecule has 0 saturated carbocycles. The standard InChI is InChI=1S/C27H32N2O4S/c1-28(2)18-21-4-7-23-17-27(13-8-22(23)16-21)33-19-20-5-9-24(10-6-20)29(34(30)31)25-11-14-26(32-3)15-12-25/h5-6,8-15,17,21H,4,7,16,18-19H2,1-3H3,(H,30,31). The van der Waals surface area contributed by atoms with Gasteiger partial charge in [-0.15, -0.1) is 0 Å². The molecule has 3 aromatic carbocycles. The highest BCUT2D eigenvalue weighted by atomic mass is 32.2. The summed E-state index contributed by atoms with van der Waals surface area (Å²) in [6, 6.07) is 21.0. The predicted octanol–water partition coefficient (Wildman–Crippen LogP) is 5.22. The molecule has 0 saturated heterocycles. The van der Waals surface area contributed by atoms with Crippen molar-refractivity contribution in [1.29, 1.82) is 0 Å². The Kier molecular flexibility index (Phi) is 7.88. The lowest BCUT2D eigenvalue weighted by atomic mass is 9.83. The summed E-state index contributed by atoms with van der Waals surface area (Å²) in [7, 11) is 5.86. The van der Waals surface area contributed by atoms with Gasteiger partial charge in [0.1, 0.15) is 18.1 Å². The van der Waals surface area contributed by atoms with Gasteiger partial charge < -0.3 is 14.4 Å². The number of nitrogens with zero attached hydrogens (tertiary/aromatic N) is 2. The van der Waals surface area contributed by atoms with E-state index >= 15 is 0 Å². The monoisotopic (exact) mass is 480 g/mol. The lowest BCUT2D eigenvalue weighted by molar-refractivity contribution is 0.297. The van der Waals surface area contributed by atoms with Crippen molar-refractivity contribution in [2.75, 3.05) is 32.1 Å². The second-order valence-corrected chi connectivity index (χ2v) is 9.81. The summed E-state index contributed by atoms with van der Waals surface area (Å²) in [6.07, 6.45) is 3.44. The Labute approximate surface area is 204 Å². The van der Waals surface area contributed by atoms with Crippen molar-refractivity contribution >= 4 is 22.6 Å². The van der Waals surface area contributed by atoms with Crippen LogP contribution in [-0.4, -0.2) is 41.4 Å². The zero-order valence-corrected chi connectivity index (χ0v) is 20.8. The molecule has 0 amide bonds. The summed E-state index contributed by atoms with van der Waals surface area (Å²) in [5, 5.41) is 0. The Bertz CT molecular complexity index is 1120. The summed E-state index contributed by atoms with van der Waals surface area (Å²) in [5.41, 5.74) is 5.04. The van der Waals surface area contributed by atoms with Crippen molar-refractivity contribution in [2.24, 2.45) is 5.92 Å². The summed E-state index contributed by atoms with van der Waals surface area (Å²) >= 11 is -2.20. The maximum absolute atomic E-state index is 12.0. The van der Waals surface area contributed by atoms with Crippen LogP contribution in [0.5, 0.6) is 11.5 Å². The molecule has 0 spiro atoms. The van der Waals surface area contributed by atoms with Crippen LogP contribution in [-0.2, 0) is 30.7 Å². The van der Waals surface area contributed by atoms with E-state index in [0.29, 0.717) is 23.7 Å². The molecule has 1 aliphatic carbocycles. The summed E-state index contributed by atoms with van der Waals surface area (Å²) in [6.45, 7) is 1.57. The van der Waals surface area contributed by atoms with E-state index in [1.807, 2.05) is 24.3 Å². The first-order valence-corrected chi connectivity index (χ1v) is 12.5. The van der Waals surface area contributed by atoms with Crippen molar-refractivity contribution in [3.8, 4) is 11.5 Å². The predicted molar refractivity (Wildman–Crippen MR) is 137 cm³/mol. The van der Waals surface area contributed by atoms with Gasteiger partial charge in [0.15, 0.2) is 0 Å². The van der Waals surface area contributed by atoms with E-state index in [0.717, 1.165) is 36.6 Å². The highest BCUT2D eigenvalue weighted by Gasteiger charge is 2.20. The molecule has 0 radical (unpaired) electrons. The Morgan fingerprint density at radius 3 is 2.21 bits per heavy atom. The molecule has 34 heavy (non-hydrogen) atoms. The Balaban J connectivity index is 1.39. The number of ether oxygens (including phenoxy) is 2. The Morgan fingerprint density at radius 1 is 0.941 bits per heavy atom. The number of hydrogen-bond acceptors (Lipinski definition) is 4. The number of methoxy groups -OCH3 is 1. The molecule has 180 valence electrons. The van der Waals surface area contributed by atoms with Crippen LogP contribution >= 0.6 is 0 Å². The molecule has 3 aromatic rings. The average Bonchev–Trinajstić information content (AvgIpc) is 2.83. The molecule has 2 atom stereocenters. The molecule has 0 bridgehead atoms. The second kappa shape index (κ2) is 11.0. The minimum atomic E-state index is -2.20. The first-order valence-electron chi connectivity index (χ1n) is 11.5. The minimum absolute atomic E-state index is 0.438. The lowest BCUT2D eigenvalue weighted by Crippen LogP contribution is -2.26. The van der Waals surface area contributed by atoms with Gasteiger partial charge >= 0.3 is 0 Å².